The number of hydrogen-bond acceptors (Lipinski definition) is 7. The molecule has 0 fully saturated rings. The molecule has 0 radical (unpaired) electrons. The average molecular weight is 520 g/mol. The number of fused-ring (bicyclic) bond motifs is 1. The SMILES string of the molecule is NCCN(CCN)C(=O)C[C@H](N)C(=O)N[C@@H](CCc1ccccc1)CNC(=O)c1cnc2ccccc2c1. The molecule has 0 bridgehead atoms. The third-order valence-corrected chi connectivity index (χ3v) is 6.21. The molecular formula is C28H37N7O3. The molecule has 0 aliphatic heterocycles. The Hall–Kier alpha value is -3.86. The van der Waals surface area contributed by atoms with Gasteiger partial charge in [0.2, 0.25) is 11.8 Å². The number of pyridine rings is 1. The van der Waals surface area contributed by atoms with Crippen LogP contribution in [0.15, 0.2) is 66.9 Å². The number of benzene rings is 2. The van der Waals surface area contributed by atoms with Gasteiger partial charge in [0.25, 0.3) is 5.91 Å². The van der Waals surface area contributed by atoms with Crippen molar-refractivity contribution < 1.29 is 14.4 Å². The van der Waals surface area contributed by atoms with Crippen molar-refractivity contribution >= 4 is 28.6 Å². The van der Waals surface area contributed by atoms with Crippen LogP contribution in [0.2, 0.25) is 0 Å². The number of rotatable bonds is 14. The van der Waals surface area contributed by atoms with Crippen molar-refractivity contribution in [2.75, 3.05) is 32.7 Å². The Balaban J connectivity index is 1.63. The highest BCUT2D eigenvalue weighted by molar-refractivity contribution is 5.97. The van der Waals surface area contributed by atoms with Crippen molar-refractivity contribution in [3.63, 3.8) is 0 Å². The maximum atomic E-state index is 12.9. The molecule has 10 nitrogen and oxygen atoms in total. The van der Waals surface area contributed by atoms with E-state index in [0.717, 1.165) is 16.5 Å². The summed E-state index contributed by atoms with van der Waals surface area (Å²) in [5.74, 6) is -1.03. The number of aromatic nitrogens is 1. The van der Waals surface area contributed by atoms with Crippen LogP contribution in [0.1, 0.15) is 28.8 Å². The number of para-hydroxylation sites is 1. The van der Waals surface area contributed by atoms with Gasteiger partial charge in [0, 0.05) is 50.3 Å². The normalized spacial score (nSPS) is 12.5. The number of aryl methyl sites for hydroxylation is 1. The zero-order valence-electron chi connectivity index (χ0n) is 21.5. The predicted molar refractivity (Wildman–Crippen MR) is 148 cm³/mol. The minimum Gasteiger partial charge on any atom is -0.350 e. The Labute approximate surface area is 222 Å². The van der Waals surface area contributed by atoms with Crippen LogP contribution in [0, 0.1) is 0 Å². The lowest BCUT2D eigenvalue weighted by molar-refractivity contribution is -0.134. The van der Waals surface area contributed by atoms with Crippen LogP contribution in [0.5, 0.6) is 0 Å². The van der Waals surface area contributed by atoms with Crippen molar-refractivity contribution in [2.24, 2.45) is 17.2 Å². The Morgan fingerprint density at radius 3 is 2.34 bits per heavy atom. The van der Waals surface area contributed by atoms with Gasteiger partial charge in [-0.15, -0.1) is 0 Å². The highest BCUT2D eigenvalue weighted by atomic mass is 16.2. The van der Waals surface area contributed by atoms with Crippen LogP contribution in [-0.4, -0.2) is 72.4 Å². The van der Waals surface area contributed by atoms with E-state index in [1.54, 1.807) is 6.07 Å². The van der Waals surface area contributed by atoms with Gasteiger partial charge in [0.1, 0.15) is 0 Å². The quantitative estimate of drug-likeness (QED) is 0.207. The number of amides is 3. The zero-order valence-corrected chi connectivity index (χ0v) is 21.5. The second-order valence-corrected chi connectivity index (χ2v) is 9.13. The molecule has 2 atom stereocenters. The van der Waals surface area contributed by atoms with E-state index in [1.165, 1.54) is 11.1 Å². The minimum atomic E-state index is -1.04. The fourth-order valence-corrected chi connectivity index (χ4v) is 4.12. The van der Waals surface area contributed by atoms with Crippen LogP contribution in [0.25, 0.3) is 10.9 Å². The molecule has 3 rings (SSSR count). The Morgan fingerprint density at radius 2 is 1.63 bits per heavy atom. The lowest BCUT2D eigenvalue weighted by atomic mass is 10.0. The zero-order chi connectivity index (χ0) is 27.3. The number of hydrogen-bond donors (Lipinski definition) is 5. The molecule has 202 valence electrons. The fraction of sp³-hybridized carbons (Fsp3) is 0.357. The summed E-state index contributed by atoms with van der Waals surface area (Å²) in [6.07, 6.45) is 2.63. The Bertz CT molecular complexity index is 1200. The number of nitrogens with one attached hydrogen (secondary N) is 2. The molecule has 0 aliphatic rings. The van der Waals surface area contributed by atoms with Gasteiger partial charge in [-0.1, -0.05) is 48.5 Å². The van der Waals surface area contributed by atoms with Crippen LogP contribution < -0.4 is 27.8 Å². The molecule has 1 aromatic heterocycles. The van der Waals surface area contributed by atoms with E-state index in [0.29, 0.717) is 44.6 Å². The minimum absolute atomic E-state index is 0.160. The summed E-state index contributed by atoms with van der Waals surface area (Å²) in [6.45, 7) is 1.47. The van der Waals surface area contributed by atoms with E-state index in [4.69, 9.17) is 17.2 Å². The third kappa shape index (κ3) is 8.62. The number of nitrogens with zero attached hydrogens (tertiary/aromatic N) is 2. The summed E-state index contributed by atoms with van der Waals surface area (Å²) >= 11 is 0. The molecule has 0 saturated heterocycles. The van der Waals surface area contributed by atoms with Crippen molar-refractivity contribution in [3.8, 4) is 0 Å². The van der Waals surface area contributed by atoms with Gasteiger partial charge < -0.3 is 32.7 Å². The van der Waals surface area contributed by atoms with E-state index in [1.807, 2.05) is 54.6 Å². The van der Waals surface area contributed by atoms with Crippen molar-refractivity contribution in [2.45, 2.75) is 31.3 Å². The van der Waals surface area contributed by atoms with Gasteiger partial charge in [-0.2, -0.15) is 0 Å². The van der Waals surface area contributed by atoms with Gasteiger partial charge in [-0.25, -0.2) is 0 Å². The first-order chi connectivity index (χ1) is 18.4. The summed E-state index contributed by atoms with van der Waals surface area (Å²) in [7, 11) is 0. The lowest BCUT2D eigenvalue weighted by Crippen LogP contribution is -2.51. The van der Waals surface area contributed by atoms with Crippen LogP contribution in [-0.2, 0) is 16.0 Å². The highest BCUT2D eigenvalue weighted by Gasteiger charge is 2.24. The number of carbonyl (C=O) groups excluding carboxylic acids is 3. The molecule has 3 amide bonds. The topological polar surface area (TPSA) is 169 Å². The Morgan fingerprint density at radius 1 is 0.947 bits per heavy atom. The van der Waals surface area contributed by atoms with E-state index >= 15 is 0 Å². The highest BCUT2D eigenvalue weighted by Crippen LogP contribution is 2.13. The summed E-state index contributed by atoms with van der Waals surface area (Å²) in [4.78, 5) is 44.2. The van der Waals surface area contributed by atoms with Gasteiger partial charge in [0.05, 0.1) is 23.5 Å². The summed E-state index contributed by atoms with van der Waals surface area (Å²) < 4.78 is 0. The second kappa shape index (κ2) is 14.8. The summed E-state index contributed by atoms with van der Waals surface area (Å²) in [6, 6.07) is 17.8. The van der Waals surface area contributed by atoms with Crippen molar-refractivity contribution in [3.05, 3.63) is 78.0 Å². The molecule has 0 saturated carbocycles. The molecule has 0 spiro atoms. The first kappa shape index (κ1) is 28.7. The monoisotopic (exact) mass is 519 g/mol. The largest absolute Gasteiger partial charge is 0.350 e. The molecule has 2 aromatic carbocycles. The van der Waals surface area contributed by atoms with Crippen LogP contribution in [0.3, 0.4) is 0 Å². The smallest absolute Gasteiger partial charge is 0.252 e. The second-order valence-electron chi connectivity index (χ2n) is 9.13. The standard InChI is InChI=1S/C28H37N7O3/c29-12-14-35(15-13-30)26(36)17-24(31)28(38)34-23(11-10-20-6-2-1-3-7-20)19-33-27(37)22-16-21-8-4-5-9-25(21)32-18-22/h1-9,16,18,23-24H,10-15,17,19,29-31H2,(H,33,37)(H,34,38)/t23-,24-/m0/s1. The van der Waals surface area contributed by atoms with E-state index in [-0.39, 0.29) is 24.8 Å². The van der Waals surface area contributed by atoms with Gasteiger partial charge in [0.15, 0.2) is 0 Å². The van der Waals surface area contributed by atoms with Crippen molar-refractivity contribution in [1.82, 2.24) is 20.5 Å². The molecule has 1 heterocycles. The number of nitrogens with two attached hydrogens (primary N) is 3. The molecule has 3 aromatic rings. The van der Waals surface area contributed by atoms with Gasteiger partial charge in [-0.3, -0.25) is 19.4 Å². The molecule has 38 heavy (non-hydrogen) atoms. The van der Waals surface area contributed by atoms with E-state index < -0.39 is 18.0 Å². The summed E-state index contributed by atoms with van der Waals surface area (Å²) in [5, 5.41) is 6.68. The lowest BCUT2D eigenvalue weighted by Gasteiger charge is -2.24. The first-order valence-electron chi connectivity index (χ1n) is 12.8. The predicted octanol–water partition coefficient (Wildman–Crippen LogP) is 0.546. The molecule has 0 unspecified atom stereocenters. The average Bonchev–Trinajstić information content (AvgIpc) is 2.94. The fourth-order valence-electron chi connectivity index (χ4n) is 4.12. The molecule has 0 aliphatic carbocycles. The third-order valence-electron chi connectivity index (χ3n) is 6.21. The molecule has 10 heteroatoms. The maximum absolute atomic E-state index is 12.9. The molecule has 8 N–H and O–H groups in total. The van der Waals surface area contributed by atoms with E-state index in [2.05, 4.69) is 15.6 Å². The van der Waals surface area contributed by atoms with Gasteiger partial charge in [-0.05, 0) is 30.5 Å². The van der Waals surface area contributed by atoms with E-state index in [9.17, 15) is 14.4 Å². The first-order valence-corrected chi connectivity index (χ1v) is 12.8. The van der Waals surface area contributed by atoms with Gasteiger partial charge >= 0.3 is 0 Å². The van der Waals surface area contributed by atoms with Crippen LogP contribution >= 0.6 is 0 Å². The Kier molecular flexibility index (Phi) is 11.2. The summed E-state index contributed by atoms with van der Waals surface area (Å²) in [5.41, 5.74) is 19.6. The molecular weight excluding hydrogens is 482 g/mol. The maximum Gasteiger partial charge on any atom is 0.252 e. The number of carbonyl (C=O) groups is 3. The van der Waals surface area contributed by atoms with Crippen molar-refractivity contribution in [1.29, 1.82) is 0 Å². The van der Waals surface area contributed by atoms with Crippen LogP contribution in [0.4, 0.5) is 0 Å².